The third-order valence-electron chi connectivity index (χ3n) is 2.77. The van der Waals surface area contributed by atoms with Crippen LogP contribution in [-0.2, 0) is 7.05 Å². The van der Waals surface area contributed by atoms with Crippen molar-refractivity contribution in [1.29, 1.82) is 0 Å². The smallest absolute Gasteiger partial charge is 0.257 e. The lowest BCUT2D eigenvalue weighted by Crippen LogP contribution is -2.33. The van der Waals surface area contributed by atoms with Gasteiger partial charge in [-0.15, -0.1) is 0 Å². The van der Waals surface area contributed by atoms with Crippen LogP contribution in [0.1, 0.15) is 21.7 Å². The molecule has 1 amide bonds. The van der Waals surface area contributed by atoms with Crippen molar-refractivity contribution in [3.8, 4) is 0 Å². The molecule has 0 saturated heterocycles. The molecule has 0 spiro atoms. The molecule has 16 heavy (non-hydrogen) atoms. The summed E-state index contributed by atoms with van der Waals surface area (Å²) < 4.78 is 1.74. The van der Waals surface area contributed by atoms with Gasteiger partial charge >= 0.3 is 0 Å². The summed E-state index contributed by atoms with van der Waals surface area (Å²) in [6.07, 6.45) is 0. The molecule has 90 valence electrons. The topological polar surface area (TPSA) is 50.2 Å². The average molecular weight is 224 g/mol. The number of likely N-dealkylation sites (N-methyl/N-ethyl adjacent to an activating group) is 2. The van der Waals surface area contributed by atoms with E-state index in [2.05, 4.69) is 10.4 Å². The van der Waals surface area contributed by atoms with Crippen LogP contribution in [0.5, 0.6) is 0 Å². The zero-order chi connectivity index (χ0) is 12.3. The summed E-state index contributed by atoms with van der Waals surface area (Å²) in [6, 6.07) is 0. The number of carbonyl (C=O) groups excluding carboxylic acids is 1. The number of amides is 1. The van der Waals surface area contributed by atoms with Crippen molar-refractivity contribution in [3.63, 3.8) is 0 Å². The standard InChI is InChI=1S/C11H20N4O/c1-8-10(9(2)15(5)13-8)11(16)14(4)7-6-12-3/h12H,6-7H2,1-5H3. The van der Waals surface area contributed by atoms with Gasteiger partial charge in [-0.25, -0.2) is 0 Å². The predicted molar refractivity (Wildman–Crippen MR) is 63.6 cm³/mol. The van der Waals surface area contributed by atoms with Crippen molar-refractivity contribution in [2.45, 2.75) is 13.8 Å². The minimum absolute atomic E-state index is 0.0401. The Morgan fingerprint density at radius 1 is 1.50 bits per heavy atom. The molecular weight excluding hydrogens is 204 g/mol. The van der Waals surface area contributed by atoms with Crippen molar-refractivity contribution in [2.24, 2.45) is 7.05 Å². The minimum atomic E-state index is 0.0401. The normalized spacial score (nSPS) is 10.6. The summed E-state index contributed by atoms with van der Waals surface area (Å²) in [5, 5.41) is 7.27. The van der Waals surface area contributed by atoms with E-state index in [1.165, 1.54) is 0 Å². The largest absolute Gasteiger partial charge is 0.340 e. The van der Waals surface area contributed by atoms with Gasteiger partial charge < -0.3 is 10.2 Å². The van der Waals surface area contributed by atoms with E-state index in [4.69, 9.17) is 0 Å². The van der Waals surface area contributed by atoms with Crippen LogP contribution in [0.2, 0.25) is 0 Å². The van der Waals surface area contributed by atoms with Gasteiger partial charge in [-0.05, 0) is 20.9 Å². The first-order chi connectivity index (χ1) is 7.49. The molecule has 1 heterocycles. The molecule has 0 aliphatic carbocycles. The maximum absolute atomic E-state index is 12.2. The fourth-order valence-electron chi connectivity index (χ4n) is 1.66. The number of hydrogen-bond acceptors (Lipinski definition) is 3. The summed E-state index contributed by atoms with van der Waals surface area (Å²) in [4.78, 5) is 13.9. The SMILES string of the molecule is CNCCN(C)C(=O)c1c(C)nn(C)c1C. The first-order valence-electron chi connectivity index (χ1n) is 5.39. The number of aryl methyl sites for hydroxylation is 2. The number of nitrogens with zero attached hydrogens (tertiary/aromatic N) is 3. The van der Waals surface area contributed by atoms with Crippen LogP contribution in [0.25, 0.3) is 0 Å². The molecule has 0 radical (unpaired) electrons. The first kappa shape index (κ1) is 12.7. The second kappa shape index (κ2) is 5.12. The molecule has 0 aliphatic heterocycles. The lowest BCUT2D eigenvalue weighted by atomic mass is 10.1. The molecule has 5 nitrogen and oxygen atoms in total. The van der Waals surface area contributed by atoms with Crippen LogP contribution < -0.4 is 5.32 Å². The Hall–Kier alpha value is -1.36. The first-order valence-corrected chi connectivity index (χ1v) is 5.39. The van der Waals surface area contributed by atoms with E-state index in [1.807, 2.05) is 35.0 Å². The van der Waals surface area contributed by atoms with E-state index in [0.717, 1.165) is 23.5 Å². The maximum Gasteiger partial charge on any atom is 0.257 e. The van der Waals surface area contributed by atoms with Gasteiger partial charge in [-0.3, -0.25) is 9.48 Å². The second-order valence-electron chi connectivity index (χ2n) is 4.00. The number of rotatable bonds is 4. The molecule has 1 aromatic rings. The van der Waals surface area contributed by atoms with E-state index in [-0.39, 0.29) is 5.91 Å². The Morgan fingerprint density at radius 3 is 2.56 bits per heavy atom. The van der Waals surface area contributed by atoms with E-state index >= 15 is 0 Å². The molecule has 0 atom stereocenters. The fraction of sp³-hybridized carbons (Fsp3) is 0.636. The maximum atomic E-state index is 12.2. The molecule has 1 aromatic heterocycles. The van der Waals surface area contributed by atoms with E-state index in [9.17, 15) is 4.79 Å². The van der Waals surface area contributed by atoms with Gasteiger partial charge in [0.25, 0.3) is 5.91 Å². The third kappa shape index (κ3) is 2.41. The molecule has 0 saturated carbocycles. The fourth-order valence-corrected chi connectivity index (χ4v) is 1.66. The Bertz CT molecular complexity index is 384. The number of carbonyl (C=O) groups is 1. The highest BCUT2D eigenvalue weighted by Gasteiger charge is 2.20. The lowest BCUT2D eigenvalue weighted by molar-refractivity contribution is 0.0795. The molecule has 1 rings (SSSR count). The second-order valence-corrected chi connectivity index (χ2v) is 4.00. The Balaban J connectivity index is 2.87. The zero-order valence-corrected chi connectivity index (χ0v) is 10.7. The molecular formula is C11H20N4O. The van der Waals surface area contributed by atoms with Crippen molar-refractivity contribution in [1.82, 2.24) is 20.0 Å². The molecule has 0 bridgehead atoms. The monoisotopic (exact) mass is 224 g/mol. The van der Waals surface area contributed by atoms with Gasteiger partial charge in [0, 0.05) is 32.9 Å². The van der Waals surface area contributed by atoms with Crippen molar-refractivity contribution in [3.05, 3.63) is 17.0 Å². The van der Waals surface area contributed by atoms with Crippen molar-refractivity contribution >= 4 is 5.91 Å². The van der Waals surface area contributed by atoms with Crippen LogP contribution >= 0.6 is 0 Å². The van der Waals surface area contributed by atoms with Crippen LogP contribution in [0.4, 0.5) is 0 Å². The summed E-state index contributed by atoms with van der Waals surface area (Å²) in [6.45, 7) is 5.27. The van der Waals surface area contributed by atoms with Crippen LogP contribution in [0.15, 0.2) is 0 Å². The highest BCUT2D eigenvalue weighted by atomic mass is 16.2. The number of hydrogen-bond donors (Lipinski definition) is 1. The van der Waals surface area contributed by atoms with Gasteiger partial charge in [0.1, 0.15) is 0 Å². The molecule has 0 fully saturated rings. The number of nitrogens with one attached hydrogen (secondary N) is 1. The van der Waals surface area contributed by atoms with Gasteiger partial charge in [0.2, 0.25) is 0 Å². The van der Waals surface area contributed by atoms with Crippen molar-refractivity contribution in [2.75, 3.05) is 27.2 Å². The Morgan fingerprint density at radius 2 is 2.12 bits per heavy atom. The van der Waals surface area contributed by atoms with E-state index in [0.29, 0.717) is 6.54 Å². The Kier molecular flexibility index (Phi) is 4.06. The molecule has 5 heteroatoms. The highest BCUT2D eigenvalue weighted by molar-refractivity contribution is 5.96. The quantitative estimate of drug-likeness (QED) is 0.801. The number of aromatic nitrogens is 2. The third-order valence-corrected chi connectivity index (χ3v) is 2.77. The predicted octanol–water partition coefficient (Wildman–Crippen LogP) is 0.328. The Labute approximate surface area is 96.4 Å². The van der Waals surface area contributed by atoms with Crippen molar-refractivity contribution < 1.29 is 4.79 Å². The highest BCUT2D eigenvalue weighted by Crippen LogP contribution is 2.13. The van der Waals surface area contributed by atoms with Crippen LogP contribution in [-0.4, -0.2) is 47.8 Å². The summed E-state index contributed by atoms with van der Waals surface area (Å²) in [5.74, 6) is 0.0401. The molecule has 0 aromatic carbocycles. The van der Waals surface area contributed by atoms with Crippen LogP contribution in [0.3, 0.4) is 0 Å². The summed E-state index contributed by atoms with van der Waals surface area (Å²) in [5.41, 5.74) is 2.43. The summed E-state index contributed by atoms with van der Waals surface area (Å²) in [7, 11) is 5.54. The van der Waals surface area contributed by atoms with E-state index in [1.54, 1.807) is 9.58 Å². The van der Waals surface area contributed by atoms with Gasteiger partial charge in [-0.2, -0.15) is 5.10 Å². The lowest BCUT2D eigenvalue weighted by Gasteiger charge is -2.17. The summed E-state index contributed by atoms with van der Waals surface area (Å²) >= 11 is 0. The van der Waals surface area contributed by atoms with Gasteiger partial charge in [0.05, 0.1) is 11.3 Å². The molecule has 0 unspecified atom stereocenters. The minimum Gasteiger partial charge on any atom is -0.340 e. The average Bonchev–Trinajstić information content (AvgIpc) is 2.49. The van der Waals surface area contributed by atoms with Gasteiger partial charge in [0.15, 0.2) is 0 Å². The van der Waals surface area contributed by atoms with Gasteiger partial charge in [-0.1, -0.05) is 0 Å². The van der Waals surface area contributed by atoms with E-state index < -0.39 is 0 Å². The molecule has 0 aliphatic rings. The van der Waals surface area contributed by atoms with Crippen LogP contribution in [0, 0.1) is 13.8 Å². The zero-order valence-electron chi connectivity index (χ0n) is 10.7. The molecule has 1 N–H and O–H groups in total.